The maximum atomic E-state index is 9.27. The Bertz CT molecular complexity index is 94.9. The summed E-state index contributed by atoms with van der Waals surface area (Å²) in [6.07, 6.45) is 5.90. The highest BCUT2D eigenvalue weighted by atomic mass is 16.3. The molecule has 10 heavy (non-hydrogen) atoms. The Kier molecular flexibility index (Phi) is 5.32. The van der Waals surface area contributed by atoms with Crippen LogP contribution < -0.4 is 0 Å². The number of rotatable bonds is 4. The first-order valence-corrected chi connectivity index (χ1v) is 4.03. The van der Waals surface area contributed by atoms with Gasteiger partial charge in [0.1, 0.15) is 0 Å². The minimum atomic E-state index is -0.258. The number of hydrogen-bond donors (Lipinski definition) is 1. The fourth-order valence-electron chi connectivity index (χ4n) is 0.625. The van der Waals surface area contributed by atoms with Gasteiger partial charge in [-0.2, -0.15) is 0 Å². The van der Waals surface area contributed by atoms with Gasteiger partial charge in [0.05, 0.1) is 6.10 Å². The molecule has 1 heteroatoms. The molecule has 0 heterocycles. The van der Waals surface area contributed by atoms with Crippen LogP contribution in [0, 0.1) is 5.92 Å². The van der Waals surface area contributed by atoms with Crippen molar-refractivity contribution in [1.29, 1.82) is 0 Å². The van der Waals surface area contributed by atoms with Crippen LogP contribution in [0.15, 0.2) is 12.2 Å². The lowest BCUT2D eigenvalue weighted by Gasteiger charge is -2.07. The van der Waals surface area contributed by atoms with Gasteiger partial charge in [0, 0.05) is 0 Å². The summed E-state index contributed by atoms with van der Waals surface area (Å²) >= 11 is 0. The molecule has 0 aliphatic rings. The van der Waals surface area contributed by atoms with Crippen LogP contribution in [0.1, 0.15) is 33.6 Å². The molecule has 1 nitrogen and oxygen atoms in total. The van der Waals surface area contributed by atoms with Gasteiger partial charge in [0.15, 0.2) is 0 Å². The summed E-state index contributed by atoms with van der Waals surface area (Å²) in [4.78, 5) is 0. The molecular formula is C9H18O. The molecule has 1 N–H and O–H groups in total. The van der Waals surface area contributed by atoms with Gasteiger partial charge >= 0.3 is 0 Å². The van der Waals surface area contributed by atoms with Crippen LogP contribution in [-0.2, 0) is 0 Å². The Hall–Kier alpha value is -0.300. The van der Waals surface area contributed by atoms with Gasteiger partial charge in [-0.05, 0) is 12.3 Å². The van der Waals surface area contributed by atoms with Crippen LogP contribution in [0.2, 0.25) is 0 Å². The van der Waals surface area contributed by atoms with E-state index in [1.165, 1.54) is 0 Å². The zero-order chi connectivity index (χ0) is 7.98. The Morgan fingerprint density at radius 2 is 2.00 bits per heavy atom. The van der Waals surface area contributed by atoms with Crippen LogP contribution in [0.3, 0.4) is 0 Å². The molecule has 0 aliphatic heterocycles. The molecule has 0 amide bonds. The predicted molar refractivity (Wildman–Crippen MR) is 44.9 cm³/mol. The fourth-order valence-corrected chi connectivity index (χ4v) is 0.625. The Balaban J connectivity index is 3.45. The normalized spacial score (nSPS) is 14.9. The zero-order valence-corrected chi connectivity index (χ0v) is 7.17. The van der Waals surface area contributed by atoms with Crippen molar-refractivity contribution in [3.8, 4) is 0 Å². The third-order valence-electron chi connectivity index (χ3n) is 1.47. The standard InChI is InChI=1S/C9H18O/c1-4-5-6-7-9(10)8(2)3/h6-10H,4-5H2,1-3H3/b7-6+. The predicted octanol–water partition coefficient (Wildman–Crippen LogP) is 2.36. The summed E-state index contributed by atoms with van der Waals surface area (Å²) in [6, 6.07) is 0. The highest BCUT2D eigenvalue weighted by Crippen LogP contribution is 2.02. The van der Waals surface area contributed by atoms with Gasteiger partial charge in [-0.15, -0.1) is 0 Å². The van der Waals surface area contributed by atoms with Gasteiger partial charge in [-0.1, -0.05) is 39.3 Å². The molecule has 0 aromatic rings. The molecular weight excluding hydrogens is 124 g/mol. The van der Waals surface area contributed by atoms with Crippen molar-refractivity contribution < 1.29 is 5.11 Å². The van der Waals surface area contributed by atoms with Crippen LogP contribution in [0.4, 0.5) is 0 Å². The molecule has 0 saturated heterocycles. The first kappa shape index (κ1) is 9.70. The van der Waals surface area contributed by atoms with Crippen molar-refractivity contribution in [3.63, 3.8) is 0 Å². The maximum absolute atomic E-state index is 9.27. The average molecular weight is 142 g/mol. The summed E-state index contributed by atoms with van der Waals surface area (Å²) in [7, 11) is 0. The molecule has 0 bridgehead atoms. The second-order valence-electron chi connectivity index (χ2n) is 2.95. The summed E-state index contributed by atoms with van der Waals surface area (Å²) in [5, 5.41) is 9.27. The molecule has 0 rings (SSSR count). The minimum Gasteiger partial charge on any atom is -0.389 e. The number of aliphatic hydroxyl groups excluding tert-OH is 1. The second kappa shape index (κ2) is 5.48. The smallest absolute Gasteiger partial charge is 0.0743 e. The van der Waals surface area contributed by atoms with E-state index in [-0.39, 0.29) is 6.10 Å². The number of aliphatic hydroxyl groups is 1. The number of allylic oxidation sites excluding steroid dienone is 1. The van der Waals surface area contributed by atoms with Crippen molar-refractivity contribution in [1.82, 2.24) is 0 Å². The largest absolute Gasteiger partial charge is 0.389 e. The lowest BCUT2D eigenvalue weighted by Crippen LogP contribution is -2.10. The van der Waals surface area contributed by atoms with Gasteiger partial charge in [-0.3, -0.25) is 0 Å². The van der Waals surface area contributed by atoms with Gasteiger partial charge < -0.3 is 5.11 Å². The first-order valence-electron chi connectivity index (χ1n) is 4.03. The van der Waals surface area contributed by atoms with Gasteiger partial charge in [0.25, 0.3) is 0 Å². The highest BCUT2D eigenvalue weighted by molar-refractivity contribution is 4.89. The van der Waals surface area contributed by atoms with Crippen molar-refractivity contribution >= 4 is 0 Å². The van der Waals surface area contributed by atoms with Gasteiger partial charge in [-0.25, -0.2) is 0 Å². The van der Waals surface area contributed by atoms with E-state index >= 15 is 0 Å². The van der Waals surface area contributed by atoms with E-state index < -0.39 is 0 Å². The molecule has 0 saturated carbocycles. The SMILES string of the molecule is CCC/C=C/C(O)C(C)C. The van der Waals surface area contributed by atoms with E-state index in [4.69, 9.17) is 0 Å². The topological polar surface area (TPSA) is 20.2 Å². The fraction of sp³-hybridized carbons (Fsp3) is 0.778. The third-order valence-corrected chi connectivity index (χ3v) is 1.47. The molecule has 0 radical (unpaired) electrons. The van der Waals surface area contributed by atoms with E-state index in [2.05, 4.69) is 6.92 Å². The van der Waals surface area contributed by atoms with E-state index in [0.29, 0.717) is 5.92 Å². The molecule has 0 aromatic heterocycles. The molecule has 0 spiro atoms. The van der Waals surface area contributed by atoms with Crippen LogP contribution >= 0.6 is 0 Å². The van der Waals surface area contributed by atoms with E-state index in [1.54, 1.807) is 0 Å². The first-order chi connectivity index (χ1) is 4.68. The Morgan fingerprint density at radius 1 is 1.40 bits per heavy atom. The van der Waals surface area contributed by atoms with Crippen molar-refractivity contribution in [2.24, 2.45) is 5.92 Å². The Labute approximate surface area is 63.8 Å². The molecule has 1 atom stereocenters. The monoisotopic (exact) mass is 142 g/mol. The minimum absolute atomic E-state index is 0.258. The maximum Gasteiger partial charge on any atom is 0.0743 e. The lowest BCUT2D eigenvalue weighted by molar-refractivity contribution is 0.172. The van der Waals surface area contributed by atoms with Crippen molar-refractivity contribution in [2.45, 2.75) is 39.7 Å². The van der Waals surface area contributed by atoms with Crippen LogP contribution in [0.25, 0.3) is 0 Å². The van der Waals surface area contributed by atoms with E-state index in [0.717, 1.165) is 12.8 Å². The van der Waals surface area contributed by atoms with Crippen LogP contribution in [0.5, 0.6) is 0 Å². The second-order valence-corrected chi connectivity index (χ2v) is 2.95. The molecule has 1 unspecified atom stereocenters. The molecule has 0 aromatic carbocycles. The molecule has 0 aliphatic carbocycles. The number of unbranched alkanes of at least 4 members (excludes halogenated alkanes) is 1. The zero-order valence-electron chi connectivity index (χ0n) is 7.17. The van der Waals surface area contributed by atoms with E-state index in [1.807, 2.05) is 26.0 Å². The molecule has 60 valence electrons. The van der Waals surface area contributed by atoms with E-state index in [9.17, 15) is 5.11 Å². The average Bonchev–Trinajstić information content (AvgIpc) is 1.88. The summed E-state index contributed by atoms with van der Waals surface area (Å²) < 4.78 is 0. The van der Waals surface area contributed by atoms with Gasteiger partial charge in [0.2, 0.25) is 0 Å². The van der Waals surface area contributed by atoms with Crippen molar-refractivity contribution in [2.75, 3.05) is 0 Å². The summed E-state index contributed by atoms with van der Waals surface area (Å²) in [5.41, 5.74) is 0. The van der Waals surface area contributed by atoms with Crippen LogP contribution in [-0.4, -0.2) is 11.2 Å². The highest BCUT2D eigenvalue weighted by Gasteiger charge is 2.02. The quantitative estimate of drug-likeness (QED) is 0.597. The number of hydrogen-bond acceptors (Lipinski definition) is 1. The third kappa shape index (κ3) is 4.57. The van der Waals surface area contributed by atoms with Crippen molar-refractivity contribution in [3.05, 3.63) is 12.2 Å². The molecule has 0 fully saturated rings. The summed E-state index contributed by atoms with van der Waals surface area (Å²) in [6.45, 7) is 6.16. The lowest BCUT2D eigenvalue weighted by atomic mass is 10.1. The Morgan fingerprint density at radius 3 is 2.40 bits per heavy atom. The summed E-state index contributed by atoms with van der Waals surface area (Å²) in [5.74, 6) is 0.341.